The second kappa shape index (κ2) is 3.79. The smallest absolute Gasteiger partial charge is 0.321 e. The molecule has 0 radical (unpaired) electrons. The van der Waals surface area contributed by atoms with E-state index in [1.54, 1.807) is 0 Å². The van der Waals surface area contributed by atoms with Gasteiger partial charge >= 0.3 is 13.8 Å². The van der Waals surface area contributed by atoms with Crippen molar-refractivity contribution in [2.75, 3.05) is 0 Å². The van der Waals surface area contributed by atoms with Crippen molar-refractivity contribution < 1.29 is 27.5 Å². The Bertz CT molecular complexity index is 426. The number of alkyl halides is 3. The summed E-state index contributed by atoms with van der Waals surface area (Å²) >= 11 is 5.26. The van der Waals surface area contributed by atoms with Gasteiger partial charge in [0.25, 0.3) is 0 Å². The number of hydrogen-bond acceptors (Lipinski definition) is 1. The van der Waals surface area contributed by atoms with Crippen LogP contribution in [-0.2, 0) is 10.7 Å². The fourth-order valence-electron chi connectivity index (χ4n) is 0.912. The highest BCUT2D eigenvalue weighted by Crippen LogP contribution is 2.39. The van der Waals surface area contributed by atoms with E-state index in [0.717, 1.165) is 12.1 Å². The first-order valence-electron chi connectivity index (χ1n) is 3.55. The quantitative estimate of drug-likeness (QED) is 0.761. The van der Waals surface area contributed by atoms with E-state index in [9.17, 15) is 17.7 Å². The summed E-state index contributed by atoms with van der Waals surface area (Å²) in [5.41, 5.74) is -1.26. The van der Waals surface area contributed by atoms with E-state index >= 15 is 0 Å². The second-order valence-electron chi connectivity index (χ2n) is 2.71. The van der Waals surface area contributed by atoms with Gasteiger partial charge in [-0.2, -0.15) is 13.2 Å². The molecule has 0 aliphatic carbocycles. The Balaban J connectivity index is 3.36. The molecule has 0 bridgehead atoms. The van der Waals surface area contributed by atoms with Crippen LogP contribution in [0.1, 0.15) is 5.56 Å². The van der Waals surface area contributed by atoms with E-state index < -0.39 is 29.7 Å². The van der Waals surface area contributed by atoms with Gasteiger partial charge in [-0.1, -0.05) is 11.6 Å². The van der Waals surface area contributed by atoms with Gasteiger partial charge in [-0.15, -0.1) is 0 Å². The van der Waals surface area contributed by atoms with Crippen molar-refractivity contribution in [2.24, 2.45) is 0 Å². The van der Waals surface area contributed by atoms with Crippen molar-refractivity contribution in [1.29, 1.82) is 0 Å². The van der Waals surface area contributed by atoms with Crippen molar-refractivity contribution in [1.82, 2.24) is 0 Å². The standard InChI is InChI=1S/C7H5ClF3O3P/c8-6-2-1-4(15(12,13)14)3-5(6)7(9,10)11/h1-3H,(H2,12,13,14). The van der Waals surface area contributed by atoms with Gasteiger partial charge in [-0.3, -0.25) is 4.57 Å². The van der Waals surface area contributed by atoms with Gasteiger partial charge in [0.2, 0.25) is 0 Å². The molecule has 0 saturated heterocycles. The van der Waals surface area contributed by atoms with Gasteiger partial charge in [0.1, 0.15) is 0 Å². The van der Waals surface area contributed by atoms with Crippen LogP contribution in [0.15, 0.2) is 18.2 Å². The van der Waals surface area contributed by atoms with E-state index in [4.69, 9.17) is 21.4 Å². The number of hydrogen-bond donors (Lipinski definition) is 2. The molecule has 1 aromatic rings. The monoisotopic (exact) mass is 260 g/mol. The average Bonchev–Trinajstić information content (AvgIpc) is 2.00. The molecule has 0 aliphatic heterocycles. The van der Waals surface area contributed by atoms with E-state index in [-0.39, 0.29) is 0 Å². The predicted molar refractivity (Wildman–Crippen MR) is 48.1 cm³/mol. The molecule has 0 unspecified atom stereocenters. The summed E-state index contributed by atoms with van der Waals surface area (Å²) in [6.07, 6.45) is -4.73. The molecule has 0 saturated carbocycles. The third-order valence-electron chi connectivity index (χ3n) is 1.59. The molecule has 2 N–H and O–H groups in total. The Morgan fingerprint density at radius 3 is 2.20 bits per heavy atom. The lowest BCUT2D eigenvalue weighted by Gasteiger charge is -2.11. The van der Waals surface area contributed by atoms with Gasteiger partial charge in [0.05, 0.1) is 15.9 Å². The van der Waals surface area contributed by atoms with Crippen LogP contribution < -0.4 is 5.30 Å². The molecule has 15 heavy (non-hydrogen) atoms. The Morgan fingerprint density at radius 2 is 1.80 bits per heavy atom. The molecule has 0 fully saturated rings. The van der Waals surface area contributed by atoms with Crippen molar-refractivity contribution in [3.63, 3.8) is 0 Å². The highest BCUT2D eigenvalue weighted by molar-refractivity contribution is 7.60. The van der Waals surface area contributed by atoms with Crippen LogP contribution in [-0.4, -0.2) is 9.79 Å². The largest absolute Gasteiger partial charge is 0.417 e. The minimum absolute atomic E-state index is 0.350. The molecule has 1 rings (SSSR count). The summed E-state index contributed by atoms with van der Waals surface area (Å²) in [6.45, 7) is 0. The van der Waals surface area contributed by atoms with Crippen molar-refractivity contribution in [2.45, 2.75) is 6.18 Å². The molecule has 3 nitrogen and oxygen atoms in total. The second-order valence-corrected chi connectivity index (χ2v) is 4.72. The molecule has 1 aromatic carbocycles. The molecule has 0 heterocycles. The van der Waals surface area contributed by atoms with E-state index in [0.29, 0.717) is 6.07 Å². The van der Waals surface area contributed by atoms with Crippen LogP contribution >= 0.6 is 19.2 Å². The minimum Gasteiger partial charge on any atom is -0.321 e. The fraction of sp³-hybridized carbons (Fsp3) is 0.143. The summed E-state index contributed by atoms with van der Waals surface area (Å²) in [5, 5.41) is -1.31. The van der Waals surface area contributed by atoms with E-state index in [1.165, 1.54) is 0 Å². The first-order chi connectivity index (χ1) is 6.62. The minimum atomic E-state index is -4.73. The highest BCUT2D eigenvalue weighted by atomic mass is 35.5. The number of rotatable bonds is 1. The molecular weight excluding hydrogens is 255 g/mol. The van der Waals surface area contributed by atoms with Crippen LogP contribution in [0.3, 0.4) is 0 Å². The normalized spacial score (nSPS) is 12.9. The Morgan fingerprint density at radius 1 is 1.27 bits per heavy atom. The first kappa shape index (κ1) is 12.5. The zero-order valence-electron chi connectivity index (χ0n) is 6.99. The first-order valence-corrected chi connectivity index (χ1v) is 5.54. The van der Waals surface area contributed by atoms with Gasteiger partial charge in [0, 0.05) is 0 Å². The maximum absolute atomic E-state index is 12.3. The van der Waals surface area contributed by atoms with Gasteiger partial charge in [0.15, 0.2) is 0 Å². The number of benzene rings is 1. The summed E-state index contributed by atoms with van der Waals surface area (Å²) in [4.78, 5) is 17.3. The molecule has 0 amide bonds. The van der Waals surface area contributed by atoms with Gasteiger partial charge < -0.3 is 9.79 Å². The predicted octanol–water partition coefficient (Wildman–Crippen LogP) is 2.16. The Hall–Kier alpha value is -0.550. The maximum Gasteiger partial charge on any atom is 0.417 e. The summed E-state index contributed by atoms with van der Waals surface area (Å²) in [6, 6.07) is 2.01. The number of halogens is 4. The van der Waals surface area contributed by atoms with Crippen LogP contribution in [0.2, 0.25) is 5.02 Å². The Labute approximate surface area is 87.6 Å². The van der Waals surface area contributed by atoms with Crippen LogP contribution in [0.4, 0.5) is 13.2 Å². The summed E-state index contributed by atoms with van der Waals surface area (Å²) < 4.78 is 47.5. The van der Waals surface area contributed by atoms with Crippen LogP contribution in [0.5, 0.6) is 0 Å². The lowest BCUT2D eigenvalue weighted by Crippen LogP contribution is -2.12. The molecule has 84 valence electrons. The molecule has 8 heteroatoms. The van der Waals surface area contributed by atoms with Crippen molar-refractivity contribution in [3.05, 3.63) is 28.8 Å². The zero-order valence-corrected chi connectivity index (χ0v) is 8.64. The lowest BCUT2D eigenvalue weighted by atomic mass is 10.2. The van der Waals surface area contributed by atoms with Crippen molar-refractivity contribution in [3.8, 4) is 0 Å². The summed E-state index contributed by atoms with van der Waals surface area (Å²) in [7, 11) is -4.69. The molecular formula is C7H5ClF3O3P. The van der Waals surface area contributed by atoms with E-state index in [2.05, 4.69) is 0 Å². The highest BCUT2D eigenvalue weighted by Gasteiger charge is 2.34. The summed E-state index contributed by atoms with van der Waals surface area (Å²) in [5.74, 6) is 0. The van der Waals surface area contributed by atoms with Crippen LogP contribution in [0.25, 0.3) is 0 Å². The van der Waals surface area contributed by atoms with Crippen LogP contribution in [0, 0.1) is 0 Å². The van der Waals surface area contributed by atoms with Gasteiger partial charge in [-0.25, -0.2) is 0 Å². The third-order valence-corrected chi connectivity index (χ3v) is 2.87. The maximum atomic E-state index is 12.3. The van der Waals surface area contributed by atoms with Crippen molar-refractivity contribution >= 4 is 24.5 Å². The average molecular weight is 261 g/mol. The fourth-order valence-corrected chi connectivity index (χ4v) is 1.70. The van der Waals surface area contributed by atoms with E-state index in [1.807, 2.05) is 0 Å². The zero-order chi connectivity index (χ0) is 11.9. The third kappa shape index (κ3) is 2.95. The Kier molecular flexibility index (Phi) is 3.16. The molecule has 0 aliphatic rings. The lowest BCUT2D eigenvalue weighted by molar-refractivity contribution is -0.137. The molecule has 0 aromatic heterocycles. The molecule has 0 atom stereocenters. The SMILES string of the molecule is O=P(O)(O)c1ccc(Cl)c(C(F)(F)F)c1. The topological polar surface area (TPSA) is 57.5 Å². The molecule has 0 spiro atoms. The van der Waals surface area contributed by atoms with Gasteiger partial charge in [-0.05, 0) is 18.2 Å².